The maximum atomic E-state index is 11.4. The lowest BCUT2D eigenvalue weighted by atomic mass is 10.0. The van der Waals surface area contributed by atoms with Gasteiger partial charge in [-0.25, -0.2) is 0 Å². The predicted octanol–water partition coefficient (Wildman–Crippen LogP) is -4.82. The number of carboxylic acids is 9. The van der Waals surface area contributed by atoms with Crippen LogP contribution in [0.25, 0.3) is 0 Å². The van der Waals surface area contributed by atoms with Gasteiger partial charge < -0.3 is 118 Å². The lowest BCUT2D eigenvalue weighted by molar-refractivity contribution is -0.155. The average molecular weight is 1170 g/mol. The van der Waals surface area contributed by atoms with Gasteiger partial charge >= 0.3 is 65.7 Å². The summed E-state index contributed by atoms with van der Waals surface area (Å²) in [5.41, 5.74) is 50.9. The van der Waals surface area contributed by atoms with Crippen LogP contribution >= 0.6 is 12.6 Å². The Kier molecular flexibility index (Phi) is 55.9. The molecular formula is C44H89N11O23S. The lowest BCUT2D eigenvalue weighted by Gasteiger charge is -2.20. The average Bonchev–Trinajstić information content (AvgIpc) is 3.92. The molecule has 1 heterocycles. The first kappa shape index (κ1) is 86.5. The van der Waals surface area contributed by atoms with Crippen molar-refractivity contribution in [3.05, 3.63) is 0 Å². The van der Waals surface area contributed by atoms with Crippen LogP contribution in [-0.4, -0.2) is 203 Å². The number of primary amides is 1. The number of hydrogen-bond donors (Lipinski definition) is 21. The Morgan fingerprint density at radius 3 is 1.23 bits per heavy atom. The molecule has 1 aliphatic heterocycles. The van der Waals surface area contributed by atoms with E-state index in [1.165, 1.54) is 6.92 Å². The third kappa shape index (κ3) is 57.6. The molecule has 0 spiro atoms. The lowest BCUT2D eigenvalue weighted by Crippen LogP contribution is -2.45. The number of rotatable bonds is 26. The summed E-state index contributed by atoms with van der Waals surface area (Å²) in [6.45, 7) is 12.8. The van der Waals surface area contributed by atoms with Crippen LogP contribution in [0.1, 0.15) is 99.8 Å². The molecule has 11 atom stereocenters. The van der Waals surface area contributed by atoms with Gasteiger partial charge in [-0.1, -0.05) is 48.0 Å². The van der Waals surface area contributed by atoms with Gasteiger partial charge in [-0.05, 0) is 63.3 Å². The van der Waals surface area contributed by atoms with Gasteiger partial charge in [0.2, 0.25) is 5.91 Å². The Labute approximate surface area is 462 Å². The molecule has 0 radical (unpaired) electrons. The van der Waals surface area contributed by atoms with Crippen LogP contribution in [0.5, 0.6) is 0 Å². The van der Waals surface area contributed by atoms with E-state index in [2.05, 4.69) is 22.7 Å². The summed E-state index contributed by atoms with van der Waals surface area (Å²) in [7, 11) is 0. The molecule has 1 rings (SSSR count). The molecule has 1 amide bonds. The van der Waals surface area contributed by atoms with Crippen LogP contribution in [0, 0.1) is 17.8 Å². The van der Waals surface area contributed by atoms with Gasteiger partial charge in [0.15, 0.2) is 0 Å². The zero-order valence-electron chi connectivity index (χ0n) is 45.5. The van der Waals surface area contributed by atoms with Gasteiger partial charge in [0.1, 0.15) is 67.1 Å². The van der Waals surface area contributed by atoms with Crippen molar-refractivity contribution in [3.63, 3.8) is 0 Å². The second-order valence-electron chi connectivity index (χ2n) is 17.4. The zero-order valence-corrected chi connectivity index (χ0v) is 46.3. The Balaban J connectivity index is -0.000000152. The molecule has 0 saturated carbocycles. The Hall–Kier alpha value is -6.41. The molecule has 0 aromatic rings. The second kappa shape index (κ2) is 51.1. The van der Waals surface area contributed by atoms with Crippen LogP contribution in [0.2, 0.25) is 0 Å². The maximum absolute atomic E-state index is 11.4. The summed E-state index contributed by atoms with van der Waals surface area (Å²) in [6, 6.07) is -7.67. The molecule has 1 fully saturated rings. The molecule has 0 aromatic carbocycles. The van der Waals surface area contributed by atoms with E-state index in [9.17, 15) is 57.5 Å². The van der Waals surface area contributed by atoms with Crippen molar-refractivity contribution in [1.82, 2.24) is 5.32 Å². The number of hydrogen-bond acceptors (Lipinski definition) is 25. The van der Waals surface area contributed by atoms with E-state index in [0.29, 0.717) is 6.42 Å². The fraction of sp³-hybridized carbons (Fsp3) is 0.727. The number of nitrogens with one attached hydrogen (secondary N) is 1. The molecule has 0 unspecified atom stereocenters. The van der Waals surface area contributed by atoms with Gasteiger partial charge in [0, 0.05) is 18.6 Å². The van der Waals surface area contributed by atoms with Crippen molar-refractivity contribution >= 4 is 84.2 Å². The van der Waals surface area contributed by atoms with E-state index in [-0.39, 0.29) is 68.4 Å². The number of nitrogens with two attached hydrogens (primary N) is 10. The summed E-state index contributed by atoms with van der Waals surface area (Å²) < 4.78 is 9.21. The fourth-order valence-corrected chi connectivity index (χ4v) is 4.20. The topological polar surface area (TPSA) is 678 Å². The highest BCUT2D eigenvalue weighted by Crippen LogP contribution is 2.07. The predicted molar refractivity (Wildman–Crippen MR) is 284 cm³/mol. The van der Waals surface area contributed by atoms with Crippen LogP contribution in [0.15, 0.2) is 0 Å². The minimum absolute atomic E-state index is 0.0208. The van der Waals surface area contributed by atoms with Gasteiger partial charge in [-0.3, -0.25) is 57.5 Å². The Morgan fingerprint density at radius 2 is 1.00 bits per heavy atom. The number of carbonyl (C=O) groups is 12. The standard InChI is InChI=1S/C10H20N2O4.C6H13NO2.C5H10N2O4.C5H10N2O3.C5H9NO4.C5H9NO2.C5H11NO2.C3H7NO2S/c1-5(2)4-7(11)10(15)16-6(3)8(12)9(13)14;1-3-4(2)5(7)6(8)9;6-1-4(8)11-2-3(7)5(9)10;2*6-3(5(9)10)1-2-4(7)8;7-5(8)4-2-1-3-6-4;1-3(2)4(6)5(7)8;4-2(1-7)3(5)6/h5-8H,4,11-12H2,1-3H3,(H,13,14);4-5H,3,7H2,1-2H3,(H,8,9);3H,1-2,6-7H2,(H,9,10);3H,1-2,6H2,(H2,7,8)(H,9,10);3H,1-2,6H2,(H,7,8)(H,9,10);4,6H,1-3H2,(H,7,8);3-4H,6H2,1-2H3,(H,7,8);2,7H,1,4H2,(H,5,6)/t6-,7+,8+;4-,5-;3*3-;2*4-;2-/m10000000/s1. The van der Waals surface area contributed by atoms with Gasteiger partial charge in [-0.2, -0.15) is 12.6 Å². The highest BCUT2D eigenvalue weighted by Gasteiger charge is 2.26. The van der Waals surface area contributed by atoms with Crippen molar-refractivity contribution in [2.24, 2.45) is 75.1 Å². The normalized spacial score (nSPS) is 15.6. The van der Waals surface area contributed by atoms with E-state index in [0.717, 1.165) is 25.8 Å². The second-order valence-corrected chi connectivity index (χ2v) is 17.7. The first-order valence-corrected chi connectivity index (χ1v) is 24.4. The molecule has 1 aliphatic rings. The largest absolute Gasteiger partial charge is 0.481 e. The third-order valence-corrected chi connectivity index (χ3v) is 9.85. The van der Waals surface area contributed by atoms with Crippen molar-refractivity contribution in [1.29, 1.82) is 0 Å². The molecule has 30 N–H and O–H groups in total. The molecule has 0 bridgehead atoms. The summed E-state index contributed by atoms with van der Waals surface area (Å²) in [5, 5.41) is 77.1. The first-order valence-electron chi connectivity index (χ1n) is 23.8. The number of aliphatic carboxylic acids is 9. The van der Waals surface area contributed by atoms with E-state index in [1.54, 1.807) is 13.8 Å². The van der Waals surface area contributed by atoms with Crippen molar-refractivity contribution in [2.45, 2.75) is 160 Å². The zero-order chi connectivity index (χ0) is 64.0. The Morgan fingerprint density at radius 1 is 0.582 bits per heavy atom. The molecule has 34 nitrogen and oxygen atoms in total. The molecule has 0 aromatic heterocycles. The molecule has 0 aliphatic carbocycles. The minimum atomic E-state index is -1.23. The number of thiol groups is 1. The summed E-state index contributed by atoms with van der Waals surface area (Å²) >= 11 is 3.65. The van der Waals surface area contributed by atoms with E-state index >= 15 is 0 Å². The van der Waals surface area contributed by atoms with Crippen LogP contribution < -0.4 is 62.7 Å². The maximum Gasteiger partial charge on any atom is 0.324 e. The van der Waals surface area contributed by atoms with Crippen molar-refractivity contribution in [3.8, 4) is 0 Å². The minimum Gasteiger partial charge on any atom is -0.481 e. The van der Waals surface area contributed by atoms with E-state index in [4.69, 9.17) is 108 Å². The first-order chi connectivity index (χ1) is 36.0. The van der Waals surface area contributed by atoms with Gasteiger partial charge in [0.25, 0.3) is 0 Å². The summed E-state index contributed by atoms with van der Waals surface area (Å²) in [4.78, 5) is 122. The third-order valence-electron chi connectivity index (χ3n) is 9.45. The van der Waals surface area contributed by atoms with Crippen LogP contribution in [-0.2, 0) is 67.0 Å². The van der Waals surface area contributed by atoms with E-state index < -0.39 is 126 Å². The Bertz CT molecular complexity index is 1770. The smallest absolute Gasteiger partial charge is 0.324 e. The highest BCUT2D eigenvalue weighted by molar-refractivity contribution is 7.80. The molecule has 35 heteroatoms. The molecule has 464 valence electrons. The van der Waals surface area contributed by atoms with Gasteiger partial charge in [0.05, 0.1) is 6.54 Å². The molecule has 79 heavy (non-hydrogen) atoms. The SMILES string of the molecule is CC(C)C[C@H](N)C(=O)O[C@H](C)[C@H](N)C(=O)O.CC(C)[C@H](N)C(=O)O.CC[C@H](C)[C@H](N)C(=O)O.NC(=O)CC[C@H](N)C(=O)O.NCC(=O)OC[C@H](N)C(=O)O.N[C@@H](CCC(=O)O)C(=O)O.N[C@@H](CS)C(=O)O.O=C(O)[C@@H]1CCCN1. The van der Waals surface area contributed by atoms with Crippen LogP contribution in [0.3, 0.4) is 0 Å². The van der Waals surface area contributed by atoms with E-state index in [1.807, 2.05) is 27.7 Å². The molecule has 1 saturated heterocycles. The highest BCUT2D eigenvalue weighted by atomic mass is 32.1. The summed E-state index contributed by atoms with van der Waals surface area (Å²) in [6.07, 6.45) is 2.10. The van der Waals surface area contributed by atoms with Crippen molar-refractivity contribution < 1.29 is 113 Å². The molecular weight excluding hydrogens is 1080 g/mol. The fourth-order valence-electron chi connectivity index (χ4n) is 4.04. The summed E-state index contributed by atoms with van der Waals surface area (Å²) in [5.74, 6) is -10.6. The van der Waals surface area contributed by atoms with Crippen LogP contribution in [0.4, 0.5) is 0 Å². The monoisotopic (exact) mass is 1170 g/mol. The quantitative estimate of drug-likeness (QED) is 0.0285. The number of carboxylic acid groups (broad SMARTS) is 9. The van der Waals surface area contributed by atoms with Gasteiger partial charge in [-0.15, -0.1) is 0 Å². The van der Waals surface area contributed by atoms with Crippen molar-refractivity contribution in [2.75, 3.05) is 25.4 Å². The number of esters is 2. The number of amides is 1. The number of ether oxygens (including phenoxy) is 2. The number of carbonyl (C=O) groups excluding carboxylic acids is 3.